The molecule has 1 atom stereocenters. The number of aryl methyl sites for hydroxylation is 1. The van der Waals surface area contributed by atoms with Crippen molar-refractivity contribution in [3.05, 3.63) is 66.2 Å². The monoisotopic (exact) mass is 407 g/mol. The van der Waals surface area contributed by atoms with E-state index in [0.717, 1.165) is 34.9 Å². The number of rotatable bonds is 10. The molecule has 0 fully saturated rings. The Kier molecular flexibility index (Phi) is 7.55. The fraction of sp³-hybridized carbons (Fsp3) is 0.320. The number of benzene rings is 3. The minimum Gasteiger partial charge on any atom is -0.493 e. The Labute approximate surface area is 178 Å². The second kappa shape index (κ2) is 10.5. The molecule has 0 aromatic heterocycles. The molecular formula is C25H29NO4. The molecule has 0 saturated heterocycles. The molecule has 30 heavy (non-hydrogen) atoms. The molecule has 1 N–H and O–H groups in total. The lowest BCUT2D eigenvalue weighted by Gasteiger charge is -2.18. The number of carbonyl (C=O) groups is 1. The van der Waals surface area contributed by atoms with Gasteiger partial charge in [0.05, 0.1) is 14.2 Å². The summed E-state index contributed by atoms with van der Waals surface area (Å²) in [6.07, 6.45) is 1.75. The fourth-order valence-corrected chi connectivity index (χ4v) is 3.43. The van der Waals surface area contributed by atoms with Crippen LogP contribution in [0, 0.1) is 0 Å². The van der Waals surface area contributed by atoms with Gasteiger partial charge in [-0.1, -0.05) is 49.4 Å². The van der Waals surface area contributed by atoms with Crippen molar-refractivity contribution < 1.29 is 19.0 Å². The van der Waals surface area contributed by atoms with Gasteiger partial charge in [-0.15, -0.1) is 0 Å². The van der Waals surface area contributed by atoms with Gasteiger partial charge in [-0.25, -0.2) is 0 Å². The average molecular weight is 408 g/mol. The van der Waals surface area contributed by atoms with Crippen molar-refractivity contribution in [3.63, 3.8) is 0 Å². The molecule has 0 aliphatic heterocycles. The number of hydrogen-bond acceptors (Lipinski definition) is 4. The largest absolute Gasteiger partial charge is 0.493 e. The van der Waals surface area contributed by atoms with Gasteiger partial charge >= 0.3 is 0 Å². The Bertz CT molecular complexity index is 981. The predicted molar refractivity (Wildman–Crippen MR) is 120 cm³/mol. The van der Waals surface area contributed by atoms with Crippen LogP contribution in [0.3, 0.4) is 0 Å². The third kappa shape index (κ3) is 5.23. The van der Waals surface area contributed by atoms with Gasteiger partial charge in [0.25, 0.3) is 5.91 Å². The van der Waals surface area contributed by atoms with Crippen molar-refractivity contribution in [1.29, 1.82) is 0 Å². The first-order valence-corrected chi connectivity index (χ1v) is 10.3. The van der Waals surface area contributed by atoms with Crippen molar-refractivity contribution in [3.8, 4) is 17.2 Å². The Balaban J connectivity index is 1.53. The van der Waals surface area contributed by atoms with Gasteiger partial charge < -0.3 is 19.5 Å². The van der Waals surface area contributed by atoms with E-state index in [1.165, 1.54) is 0 Å². The highest BCUT2D eigenvalue weighted by atomic mass is 16.5. The quantitative estimate of drug-likeness (QED) is 0.492. The van der Waals surface area contributed by atoms with E-state index in [1.807, 2.05) is 67.6 Å². The number of hydrogen-bond donors (Lipinski definition) is 1. The predicted octanol–water partition coefficient (Wildman–Crippen LogP) is 4.76. The van der Waals surface area contributed by atoms with Crippen LogP contribution in [0.1, 0.15) is 25.3 Å². The van der Waals surface area contributed by atoms with Crippen molar-refractivity contribution in [2.24, 2.45) is 0 Å². The molecule has 5 nitrogen and oxygen atoms in total. The zero-order valence-corrected chi connectivity index (χ0v) is 17.8. The van der Waals surface area contributed by atoms with Crippen LogP contribution in [0.5, 0.6) is 17.2 Å². The molecule has 0 radical (unpaired) electrons. The third-order valence-corrected chi connectivity index (χ3v) is 5.07. The highest BCUT2D eigenvalue weighted by molar-refractivity contribution is 5.89. The summed E-state index contributed by atoms with van der Waals surface area (Å²) in [5.74, 6) is 2.08. The summed E-state index contributed by atoms with van der Waals surface area (Å²) in [5.41, 5.74) is 1.14. The Morgan fingerprint density at radius 1 is 0.933 bits per heavy atom. The zero-order chi connectivity index (χ0) is 21.3. The lowest BCUT2D eigenvalue weighted by molar-refractivity contribution is -0.128. The van der Waals surface area contributed by atoms with Crippen LogP contribution in [-0.2, 0) is 11.2 Å². The average Bonchev–Trinajstić information content (AvgIpc) is 2.79. The van der Waals surface area contributed by atoms with Gasteiger partial charge in [0.2, 0.25) is 0 Å². The molecule has 0 heterocycles. The van der Waals surface area contributed by atoms with Gasteiger partial charge in [-0.2, -0.15) is 0 Å². The van der Waals surface area contributed by atoms with Crippen molar-refractivity contribution in [1.82, 2.24) is 5.32 Å². The van der Waals surface area contributed by atoms with Gasteiger partial charge in [0.15, 0.2) is 17.6 Å². The molecule has 3 aromatic carbocycles. The zero-order valence-electron chi connectivity index (χ0n) is 17.8. The smallest absolute Gasteiger partial charge is 0.261 e. The first-order valence-electron chi connectivity index (χ1n) is 10.3. The molecular weight excluding hydrogens is 378 g/mol. The van der Waals surface area contributed by atoms with Crippen LogP contribution in [0.25, 0.3) is 10.8 Å². The first-order chi connectivity index (χ1) is 14.7. The van der Waals surface area contributed by atoms with Crippen LogP contribution < -0.4 is 19.5 Å². The maximum Gasteiger partial charge on any atom is 0.261 e. The molecule has 3 rings (SSSR count). The van der Waals surface area contributed by atoms with E-state index in [0.29, 0.717) is 24.5 Å². The maximum atomic E-state index is 12.6. The van der Waals surface area contributed by atoms with Crippen LogP contribution in [0.4, 0.5) is 0 Å². The summed E-state index contributed by atoms with van der Waals surface area (Å²) in [7, 11) is 3.25. The van der Waals surface area contributed by atoms with Crippen LogP contribution in [0.15, 0.2) is 60.7 Å². The van der Waals surface area contributed by atoms with Crippen LogP contribution in [0.2, 0.25) is 0 Å². The van der Waals surface area contributed by atoms with Crippen molar-refractivity contribution in [2.75, 3.05) is 20.8 Å². The second-order valence-corrected chi connectivity index (χ2v) is 7.08. The van der Waals surface area contributed by atoms with E-state index in [1.54, 1.807) is 14.2 Å². The molecule has 0 aliphatic rings. The Morgan fingerprint density at radius 2 is 1.70 bits per heavy atom. The van der Waals surface area contributed by atoms with E-state index in [-0.39, 0.29) is 5.91 Å². The van der Waals surface area contributed by atoms with Crippen LogP contribution in [-0.4, -0.2) is 32.8 Å². The summed E-state index contributed by atoms with van der Waals surface area (Å²) in [4.78, 5) is 12.6. The highest BCUT2D eigenvalue weighted by Crippen LogP contribution is 2.28. The number of methoxy groups -OCH3 is 2. The molecule has 0 saturated carbocycles. The summed E-state index contributed by atoms with van der Waals surface area (Å²) < 4.78 is 16.7. The maximum absolute atomic E-state index is 12.6. The molecule has 158 valence electrons. The van der Waals surface area contributed by atoms with Gasteiger partial charge in [-0.05, 0) is 48.4 Å². The molecule has 5 heteroatoms. The van der Waals surface area contributed by atoms with Crippen LogP contribution >= 0.6 is 0 Å². The van der Waals surface area contributed by atoms with Gasteiger partial charge in [0.1, 0.15) is 5.75 Å². The van der Waals surface area contributed by atoms with Crippen molar-refractivity contribution >= 4 is 16.7 Å². The lowest BCUT2D eigenvalue weighted by atomic mass is 10.1. The fourth-order valence-electron chi connectivity index (χ4n) is 3.43. The second-order valence-electron chi connectivity index (χ2n) is 7.08. The Hall–Kier alpha value is -3.21. The normalized spacial score (nSPS) is 11.7. The summed E-state index contributed by atoms with van der Waals surface area (Å²) in [6.45, 7) is 2.54. The molecule has 0 spiro atoms. The number of fused-ring (bicyclic) bond motifs is 1. The number of amides is 1. The Morgan fingerprint density at radius 3 is 2.47 bits per heavy atom. The van der Waals surface area contributed by atoms with E-state index in [4.69, 9.17) is 14.2 Å². The van der Waals surface area contributed by atoms with Gasteiger partial charge in [0, 0.05) is 11.9 Å². The number of nitrogens with one attached hydrogen (secondary N) is 1. The minimum atomic E-state index is -0.517. The van der Waals surface area contributed by atoms with Gasteiger partial charge in [-0.3, -0.25) is 4.79 Å². The number of ether oxygens (including phenoxy) is 3. The molecule has 0 unspecified atom stereocenters. The highest BCUT2D eigenvalue weighted by Gasteiger charge is 2.18. The van der Waals surface area contributed by atoms with E-state index in [2.05, 4.69) is 5.32 Å². The number of carbonyl (C=O) groups excluding carboxylic acids is 1. The lowest BCUT2D eigenvalue weighted by Crippen LogP contribution is -2.38. The minimum absolute atomic E-state index is 0.0854. The third-order valence-electron chi connectivity index (χ3n) is 5.07. The molecule has 1 amide bonds. The van der Waals surface area contributed by atoms with Crippen molar-refractivity contribution in [2.45, 2.75) is 32.3 Å². The van der Waals surface area contributed by atoms with E-state index < -0.39 is 6.10 Å². The topological polar surface area (TPSA) is 56.8 Å². The summed E-state index contributed by atoms with van der Waals surface area (Å²) >= 11 is 0. The summed E-state index contributed by atoms with van der Waals surface area (Å²) in [5, 5.41) is 5.11. The summed E-state index contributed by atoms with van der Waals surface area (Å²) in [6, 6.07) is 19.8. The molecule has 0 bridgehead atoms. The molecule has 0 aliphatic carbocycles. The van der Waals surface area contributed by atoms with E-state index in [9.17, 15) is 4.79 Å². The first kappa shape index (κ1) is 21.5. The van der Waals surface area contributed by atoms with E-state index >= 15 is 0 Å². The standard InChI is InChI=1S/C25H29NO4/c1-4-21(30-22-13-7-11-19-10-5-6-12-20(19)22)25(27)26-16-8-9-18-14-15-23(28-2)24(17-18)29-3/h5-7,10-15,17,21H,4,8-9,16H2,1-3H3,(H,26,27)/t21-/m0/s1. The SMILES string of the molecule is CC[C@H](Oc1cccc2ccccc12)C(=O)NCCCc1ccc(OC)c(OC)c1. The molecule has 3 aromatic rings.